The van der Waals surface area contributed by atoms with E-state index in [4.69, 9.17) is 19.9 Å². The minimum Gasteiger partial charge on any atom is -0.248 e. The van der Waals surface area contributed by atoms with Crippen LogP contribution in [0.1, 0.15) is 91.0 Å². The van der Waals surface area contributed by atoms with Gasteiger partial charge in [0.05, 0.1) is 68.5 Å². The Hall–Kier alpha value is -7.30. The smallest absolute Gasteiger partial charge is 0.0981 e. The van der Waals surface area contributed by atoms with E-state index in [2.05, 4.69) is 170 Å². The molecule has 58 heavy (non-hydrogen) atoms. The molecule has 6 aliphatic carbocycles. The Balaban J connectivity index is 1.12. The van der Waals surface area contributed by atoms with Gasteiger partial charge in [-0.2, -0.15) is 0 Å². The molecule has 2 aromatic heterocycles. The third-order valence-electron chi connectivity index (χ3n) is 13.5. The van der Waals surface area contributed by atoms with Crippen LogP contribution < -0.4 is 0 Å². The number of fused-ring (bicyclic) bond motifs is 3. The molecule has 6 aliphatic rings. The molecule has 0 fully saturated rings. The second kappa shape index (κ2) is 11.2. The molecule has 16 rings (SSSR count). The van der Waals surface area contributed by atoms with Crippen LogP contribution in [0.3, 0.4) is 0 Å². The second-order valence-corrected chi connectivity index (χ2v) is 16.3. The Kier molecular flexibility index (Phi) is 5.95. The van der Waals surface area contributed by atoms with Crippen molar-refractivity contribution in [2.75, 3.05) is 0 Å². The van der Waals surface area contributed by atoms with Crippen LogP contribution in [-0.2, 0) is 0 Å². The van der Waals surface area contributed by atoms with Crippen molar-refractivity contribution < 1.29 is 0 Å². The Labute approximate surface area is 334 Å². The molecule has 4 heteroatoms. The molecule has 0 saturated carbocycles. The molecule has 10 aromatic rings. The first-order valence-corrected chi connectivity index (χ1v) is 20.3. The van der Waals surface area contributed by atoms with Gasteiger partial charge in [-0.25, -0.2) is 19.9 Å². The summed E-state index contributed by atoms with van der Waals surface area (Å²) in [6.07, 6.45) is 0. The van der Waals surface area contributed by atoms with Crippen LogP contribution in [-0.4, -0.2) is 19.9 Å². The topological polar surface area (TPSA) is 51.6 Å². The van der Waals surface area contributed by atoms with Gasteiger partial charge in [-0.05, 0) is 78.5 Å². The Morgan fingerprint density at radius 2 is 0.534 bits per heavy atom. The van der Waals surface area contributed by atoms with E-state index in [9.17, 15) is 0 Å². The summed E-state index contributed by atoms with van der Waals surface area (Å²) in [4.78, 5) is 22.9. The van der Waals surface area contributed by atoms with E-state index in [1.807, 2.05) is 0 Å². The molecule has 0 unspecified atom stereocenters. The van der Waals surface area contributed by atoms with Crippen LogP contribution in [0.2, 0.25) is 0 Å². The number of aromatic nitrogens is 4. The van der Waals surface area contributed by atoms with E-state index in [0.29, 0.717) is 0 Å². The zero-order valence-electron chi connectivity index (χ0n) is 31.3. The Morgan fingerprint density at radius 1 is 0.276 bits per heavy atom. The normalized spacial score (nSPS) is 18.7. The maximum Gasteiger partial charge on any atom is 0.0981 e. The molecule has 0 aliphatic heterocycles. The molecule has 0 radical (unpaired) electrons. The summed E-state index contributed by atoms with van der Waals surface area (Å²) in [5.74, 6) is 0.116. The summed E-state index contributed by atoms with van der Waals surface area (Å²) >= 11 is 0. The van der Waals surface area contributed by atoms with Crippen LogP contribution in [0.25, 0.3) is 55.1 Å². The van der Waals surface area contributed by atoms with E-state index in [1.54, 1.807) is 0 Å². The third-order valence-corrected chi connectivity index (χ3v) is 13.5. The van der Waals surface area contributed by atoms with Gasteiger partial charge in [-0.1, -0.05) is 158 Å². The van der Waals surface area contributed by atoms with Gasteiger partial charge in [-0.3, -0.25) is 0 Å². The minimum absolute atomic E-state index is 0.0129. The van der Waals surface area contributed by atoms with E-state index >= 15 is 0 Å². The van der Waals surface area contributed by atoms with Crippen molar-refractivity contribution in [2.45, 2.75) is 23.7 Å². The fraction of sp³-hybridized carbons (Fsp3) is 0.0741. The highest BCUT2D eigenvalue weighted by Gasteiger charge is 2.45. The molecule has 0 spiro atoms. The van der Waals surface area contributed by atoms with E-state index in [-0.39, 0.29) is 23.7 Å². The van der Waals surface area contributed by atoms with E-state index in [1.165, 1.54) is 44.5 Å². The van der Waals surface area contributed by atoms with Crippen molar-refractivity contribution in [1.29, 1.82) is 0 Å². The number of nitrogens with zero attached hydrogens (tertiary/aromatic N) is 4. The van der Waals surface area contributed by atoms with Gasteiger partial charge in [0.15, 0.2) is 0 Å². The van der Waals surface area contributed by atoms with Crippen molar-refractivity contribution in [3.05, 3.63) is 237 Å². The molecule has 2 heterocycles. The van der Waals surface area contributed by atoms with E-state index < -0.39 is 0 Å². The molecule has 0 N–H and O–H groups in total. The molecule has 4 bridgehead atoms. The summed E-state index contributed by atoms with van der Waals surface area (Å²) < 4.78 is 0. The monoisotopic (exact) mass is 736 g/mol. The van der Waals surface area contributed by atoms with Crippen molar-refractivity contribution in [1.82, 2.24) is 19.9 Å². The molecule has 0 atom stereocenters. The highest BCUT2D eigenvalue weighted by molar-refractivity contribution is 6.21. The van der Waals surface area contributed by atoms with Gasteiger partial charge in [0.1, 0.15) is 0 Å². The molecule has 268 valence electrons. The predicted octanol–water partition coefficient (Wildman–Crippen LogP) is 12.0. The first-order chi connectivity index (χ1) is 28.8. The molecular formula is C54H32N4. The van der Waals surface area contributed by atoms with Gasteiger partial charge in [-0.15, -0.1) is 0 Å². The Morgan fingerprint density at radius 3 is 0.828 bits per heavy atom. The lowest BCUT2D eigenvalue weighted by atomic mass is 9.64. The number of rotatable bonds is 2. The van der Waals surface area contributed by atoms with Gasteiger partial charge in [0, 0.05) is 11.1 Å². The summed E-state index contributed by atoms with van der Waals surface area (Å²) in [5.41, 5.74) is 23.0. The first-order valence-electron chi connectivity index (χ1n) is 20.3. The largest absolute Gasteiger partial charge is 0.248 e. The lowest BCUT2D eigenvalue weighted by Gasteiger charge is -2.40. The average Bonchev–Trinajstić information content (AvgIpc) is 3.29. The maximum absolute atomic E-state index is 5.84. The molecular weight excluding hydrogens is 705 g/mol. The van der Waals surface area contributed by atoms with Gasteiger partial charge >= 0.3 is 0 Å². The Bertz CT molecular complexity index is 3110. The predicted molar refractivity (Wildman–Crippen MR) is 231 cm³/mol. The molecule has 4 nitrogen and oxygen atoms in total. The molecule has 0 saturated heterocycles. The number of hydrogen-bond acceptors (Lipinski definition) is 4. The zero-order chi connectivity index (χ0) is 37.6. The SMILES string of the molecule is c1ccc(-c2c3cc4nc5c(nc4cc3c(-c3ccccc3)c3nc4c(nc23)C2c3ccccc3C4c3ccccc32)C2c3ccccc3C5c3ccccc32)cc1. The standard InChI is InChI=1S/C54H32N4/c1-3-15-29(16-4-1)43-39-27-41-42(56-52-46-33-21-9-7-19-31(33)45(51(52)55-41)32-20-8-10-22-34(32)46)28-40(39)44(30-17-5-2-6-18-30)50-49(43)57-53-47-35-23-11-13-25-37(35)48(54(53)58-50)38-26-14-12-24-36(38)47/h1-28,45-48H. The first kappa shape index (κ1) is 30.9. The highest BCUT2D eigenvalue weighted by Crippen LogP contribution is 2.57. The second-order valence-electron chi connectivity index (χ2n) is 16.3. The van der Waals surface area contributed by atoms with Crippen LogP contribution in [0.4, 0.5) is 0 Å². The van der Waals surface area contributed by atoms with Crippen molar-refractivity contribution in [3.8, 4) is 22.3 Å². The summed E-state index contributed by atoms with van der Waals surface area (Å²) in [7, 11) is 0. The summed E-state index contributed by atoms with van der Waals surface area (Å²) in [6.45, 7) is 0. The van der Waals surface area contributed by atoms with Crippen LogP contribution >= 0.6 is 0 Å². The molecule has 0 amide bonds. The molecule has 8 aromatic carbocycles. The maximum atomic E-state index is 5.84. The van der Waals surface area contributed by atoms with Crippen molar-refractivity contribution in [2.24, 2.45) is 0 Å². The highest BCUT2D eigenvalue weighted by atomic mass is 14.9. The quantitative estimate of drug-likeness (QED) is 0.166. The summed E-state index contributed by atoms with van der Waals surface area (Å²) in [6, 6.07) is 61.7. The van der Waals surface area contributed by atoms with Crippen molar-refractivity contribution in [3.63, 3.8) is 0 Å². The van der Waals surface area contributed by atoms with Gasteiger partial charge in [0.2, 0.25) is 0 Å². The van der Waals surface area contributed by atoms with Gasteiger partial charge in [0.25, 0.3) is 0 Å². The third kappa shape index (κ3) is 3.89. The van der Waals surface area contributed by atoms with Crippen LogP contribution in [0.5, 0.6) is 0 Å². The van der Waals surface area contributed by atoms with Gasteiger partial charge < -0.3 is 0 Å². The number of benzene rings is 8. The fourth-order valence-electron chi connectivity index (χ4n) is 11.2. The van der Waals surface area contributed by atoms with E-state index in [0.717, 1.165) is 77.9 Å². The average molecular weight is 737 g/mol. The van der Waals surface area contributed by atoms with Crippen LogP contribution in [0.15, 0.2) is 170 Å². The lowest BCUT2D eigenvalue weighted by molar-refractivity contribution is 0.709. The minimum atomic E-state index is 0.0129. The van der Waals surface area contributed by atoms with Crippen LogP contribution in [0, 0.1) is 0 Å². The zero-order valence-corrected chi connectivity index (χ0v) is 31.3. The lowest BCUT2D eigenvalue weighted by Crippen LogP contribution is -2.29. The van der Waals surface area contributed by atoms with Crippen molar-refractivity contribution >= 4 is 32.8 Å². The fourth-order valence-corrected chi connectivity index (χ4v) is 11.2. The number of hydrogen-bond donors (Lipinski definition) is 0. The summed E-state index contributed by atoms with van der Waals surface area (Å²) in [5, 5.41) is 2.22.